The standard InChI is InChI=1S/C14H19ClN2O3S/c1-3-21-7-6-9(2)16-14(20)17-12-8-10(15)4-5-11(12)13(18)19/h4-5,8-9H,3,6-7H2,1-2H3,(H,18,19)(H2,16,17,20). The molecule has 7 heteroatoms. The molecule has 0 spiro atoms. The van der Waals surface area contributed by atoms with Gasteiger partial charge in [0.15, 0.2) is 0 Å². The third kappa shape index (κ3) is 6.27. The van der Waals surface area contributed by atoms with Crippen molar-refractivity contribution in [3.63, 3.8) is 0 Å². The van der Waals surface area contributed by atoms with Crippen molar-refractivity contribution in [1.29, 1.82) is 0 Å². The van der Waals surface area contributed by atoms with Gasteiger partial charge in [-0.1, -0.05) is 18.5 Å². The first-order chi connectivity index (χ1) is 9.93. The highest BCUT2D eigenvalue weighted by Gasteiger charge is 2.14. The quantitative estimate of drug-likeness (QED) is 0.666. The Balaban J connectivity index is 2.62. The molecule has 5 nitrogen and oxygen atoms in total. The van der Waals surface area contributed by atoms with Crippen LogP contribution in [0.2, 0.25) is 5.02 Å². The molecule has 1 aromatic rings. The van der Waals surface area contributed by atoms with E-state index in [-0.39, 0.29) is 17.3 Å². The zero-order valence-corrected chi connectivity index (χ0v) is 13.6. The van der Waals surface area contributed by atoms with Crippen LogP contribution in [0.4, 0.5) is 10.5 Å². The molecule has 0 aliphatic heterocycles. The summed E-state index contributed by atoms with van der Waals surface area (Å²) in [4.78, 5) is 23.0. The minimum absolute atomic E-state index is 0.00346. The summed E-state index contributed by atoms with van der Waals surface area (Å²) < 4.78 is 0. The molecular weight excluding hydrogens is 312 g/mol. The fourth-order valence-corrected chi connectivity index (χ4v) is 2.65. The summed E-state index contributed by atoms with van der Waals surface area (Å²) in [5.74, 6) is 0.896. The molecule has 0 fully saturated rings. The summed E-state index contributed by atoms with van der Waals surface area (Å²) >= 11 is 7.64. The van der Waals surface area contributed by atoms with E-state index < -0.39 is 12.0 Å². The van der Waals surface area contributed by atoms with Crippen LogP contribution < -0.4 is 10.6 Å². The number of halogens is 1. The molecule has 1 rings (SSSR count). The Morgan fingerprint density at radius 1 is 1.43 bits per heavy atom. The molecular formula is C14H19ClN2O3S. The highest BCUT2D eigenvalue weighted by atomic mass is 35.5. The lowest BCUT2D eigenvalue weighted by Crippen LogP contribution is -2.36. The van der Waals surface area contributed by atoms with Gasteiger partial charge in [-0.2, -0.15) is 11.8 Å². The highest BCUT2D eigenvalue weighted by molar-refractivity contribution is 7.99. The van der Waals surface area contributed by atoms with Crippen molar-refractivity contribution in [2.24, 2.45) is 0 Å². The monoisotopic (exact) mass is 330 g/mol. The first-order valence-corrected chi connectivity index (χ1v) is 8.15. The van der Waals surface area contributed by atoms with Gasteiger partial charge >= 0.3 is 12.0 Å². The van der Waals surface area contributed by atoms with Crippen LogP contribution in [0.25, 0.3) is 0 Å². The SMILES string of the molecule is CCSCCC(C)NC(=O)Nc1cc(Cl)ccc1C(=O)O. The van der Waals surface area contributed by atoms with Crippen molar-refractivity contribution in [3.05, 3.63) is 28.8 Å². The van der Waals surface area contributed by atoms with Crippen molar-refractivity contribution >= 4 is 41.1 Å². The lowest BCUT2D eigenvalue weighted by molar-refractivity contribution is 0.0698. The number of benzene rings is 1. The molecule has 1 atom stereocenters. The van der Waals surface area contributed by atoms with E-state index in [1.165, 1.54) is 18.2 Å². The zero-order valence-electron chi connectivity index (χ0n) is 12.0. The maximum Gasteiger partial charge on any atom is 0.337 e. The van der Waals surface area contributed by atoms with Crippen molar-refractivity contribution in [2.45, 2.75) is 26.3 Å². The van der Waals surface area contributed by atoms with Gasteiger partial charge in [-0.05, 0) is 43.0 Å². The van der Waals surface area contributed by atoms with Gasteiger partial charge in [0, 0.05) is 11.1 Å². The summed E-state index contributed by atoms with van der Waals surface area (Å²) in [5, 5.41) is 14.7. The maximum absolute atomic E-state index is 11.9. The van der Waals surface area contributed by atoms with Crippen LogP contribution in [0.3, 0.4) is 0 Å². The number of aromatic carboxylic acids is 1. The number of rotatable bonds is 7. The number of anilines is 1. The Bertz CT molecular complexity index is 511. The molecule has 0 aliphatic carbocycles. The smallest absolute Gasteiger partial charge is 0.337 e. The Hall–Kier alpha value is -1.40. The topological polar surface area (TPSA) is 78.4 Å². The minimum Gasteiger partial charge on any atom is -0.478 e. The number of carbonyl (C=O) groups excluding carboxylic acids is 1. The van der Waals surface area contributed by atoms with Gasteiger partial charge < -0.3 is 15.7 Å². The van der Waals surface area contributed by atoms with Crippen LogP contribution in [0.1, 0.15) is 30.6 Å². The molecule has 0 bridgehead atoms. The fourth-order valence-electron chi connectivity index (χ4n) is 1.67. The van der Waals surface area contributed by atoms with Crippen LogP contribution in [0.15, 0.2) is 18.2 Å². The first-order valence-electron chi connectivity index (χ1n) is 6.62. The van der Waals surface area contributed by atoms with Crippen LogP contribution in [0, 0.1) is 0 Å². The first kappa shape index (κ1) is 17.7. The summed E-state index contributed by atoms with van der Waals surface area (Å²) in [6.45, 7) is 3.99. The van der Waals surface area contributed by atoms with E-state index in [0.29, 0.717) is 5.02 Å². The molecule has 0 aromatic heterocycles. The van der Waals surface area contributed by atoms with Gasteiger partial charge in [-0.15, -0.1) is 0 Å². The maximum atomic E-state index is 11.9. The highest BCUT2D eigenvalue weighted by Crippen LogP contribution is 2.21. The van der Waals surface area contributed by atoms with Crippen LogP contribution in [0.5, 0.6) is 0 Å². The Labute approximate surface area is 133 Å². The van der Waals surface area contributed by atoms with Crippen molar-refractivity contribution in [1.82, 2.24) is 5.32 Å². The molecule has 0 radical (unpaired) electrons. The molecule has 2 amide bonds. The van der Waals surface area contributed by atoms with E-state index in [9.17, 15) is 9.59 Å². The molecule has 1 aromatic carbocycles. The number of thioether (sulfide) groups is 1. The van der Waals surface area contributed by atoms with Crippen LogP contribution in [-0.4, -0.2) is 34.7 Å². The molecule has 0 saturated heterocycles. The predicted molar refractivity (Wildman–Crippen MR) is 87.6 cm³/mol. The number of hydrogen-bond donors (Lipinski definition) is 3. The number of carbonyl (C=O) groups is 2. The van der Waals surface area contributed by atoms with Crippen molar-refractivity contribution in [3.8, 4) is 0 Å². The largest absolute Gasteiger partial charge is 0.478 e. The summed E-state index contributed by atoms with van der Waals surface area (Å²) in [5.41, 5.74) is 0.186. The summed E-state index contributed by atoms with van der Waals surface area (Å²) in [6, 6.07) is 3.83. The van der Waals surface area contributed by atoms with Gasteiger partial charge in [-0.3, -0.25) is 0 Å². The Kier molecular flexibility index (Phi) is 7.39. The van der Waals surface area contributed by atoms with Gasteiger partial charge in [0.05, 0.1) is 11.3 Å². The average Bonchev–Trinajstić information content (AvgIpc) is 2.38. The molecule has 0 heterocycles. The van der Waals surface area contributed by atoms with Crippen molar-refractivity contribution in [2.75, 3.05) is 16.8 Å². The van der Waals surface area contributed by atoms with Gasteiger partial charge in [0.2, 0.25) is 0 Å². The molecule has 116 valence electrons. The van der Waals surface area contributed by atoms with Gasteiger partial charge in [-0.25, -0.2) is 9.59 Å². The molecule has 3 N–H and O–H groups in total. The number of urea groups is 1. The lowest BCUT2D eigenvalue weighted by Gasteiger charge is -2.15. The normalized spacial score (nSPS) is 11.8. The average molecular weight is 331 g/mol. The molecule has 1 unspecified atom stereocenters. The van der Waals surface area contributed by atoms with E-state index in [1.54, 1.807) is 0 Å². The number of amides is 2. The molecule has 0 saturated carbocycles. The third-order valence-corrected chi connectivity index (χ3v) is 3.90. The van der Waals surface area contributed by atoms with Crippen LogP contribution in [-0.2, 0) is 0 Å². The van der Waals surface area contributed by atoms with E-state index in [2.05, 4.69) is 17.6 Å². The number of hydrogen-bond acceptors (Lipinski definition) is 3. The molecule has 0 aliphatic rings. The minimum atomic E-state index is -1.12. The Morgan fingerprint density at radius 3 is 2.76 bits per heavy atom. The second-order valence-corrected chi connectivity index (χ2v) is 6.31. The number of carboxylic acids is 1. The number of carboxylic acid groups (broad SMARTS) is 1. The number of nitrogens with one attached hydrogen (secondary N) is 2. The second-order valence-electron chi connectivity index (χ2n) is 4.48. The second kappa shape index (κ2) is 8.79. The van der Waals surface area contributed by atoms with E-state index in [1.807, 2.05) is 18.7 Å². The van der Waals surface area contributed by atoms with Gasteiger partial charge in [0.25, 0.3) is 0 Å². The van der Waals surface area contributed by atoms with E-state index >= 15 is 0 Å². The van der Waals surface area contributed by atoms with Crippen LogP contribution >= 0.6 is 23.4 Å². The molecule has 21 heavy (non-hydrogen) atoms. The zero-order chi connectivity index (χ0) is 15.8. The van der Waals surface area contributed by atoms with Gasteiger partial charge in [0.1, 0.15) is 0 Å². The summed E-state index contributed by atoms with van der Waals surface area (Å²) in [6.07, 6.45) is 0.854. The summed E-state index contributed by atoms with van der Waals surface area (Å²) in [7, 11) is 0. The van der Waals surface area contributed by atoms with Crippen molar-refractivity contribution < 1.29 is 14.7 Å². The van der Waals surface area contributed by atoms with E-state index in [4.69, 9.17) is 16.7 Å². The lowest BCUT2D eigenvalue weighted by atomic mass is 10.2. The fraction of sp³-hybridized carbons (Fsp3) is 0.429. The predicted octanol–water partition coefficient (Wildman–Crippen LogP) is 3.69. The van der Waals surface area contributed by atoms with E-state index in [0.717, 1.165) is 17.9 Å². The third-order valence-electron chi connectivity index (χ3n) is 2.74. The Morgan fingerprint density at radius 2 is 2.14 bits per heavy atom.